The molecule has 2 aromatic rings. The number of benzene rings is 2. The molecule has 42 heavy (non-hydrogen) atoms. The van der Waals surface area contributed by atoms with E-state index < -0.39 is 38.8 Å². The highest BCUT2D eigenvalue weighted by Gasteiger charge is 2.40. The van der Waals surface area contributed by atoms with Crippen LogP contribution in [0.15, 0.2) is 66.2 Å². The predicted octanol–water partition coefficient (Wildman–Crippen LogP) is 3.79. The van der Waals surface area contributed by atoms with Gasteiger partial charge >= 0.3 is 0 Å². The summed E-state index contributed by atoms with van der Waals surface area (Å²) in [4.78, 5) is 41.1. The fourth-order valence-electron chi connectivity index (χ4n) is 4.46. The average Bonchev–Trinajstić information content (AvgIpc) is 2.90. The van der Waals surface area contributed by atoms with Crippen LogP contribution in [0.3, 0.4) is 0 Å². The number of nitrogens with one attached hydrogen (secondary N) is 3. The first-order chi connectivity index (χ1) is 19.4. The Bertz CT molecular complexity index is 1380. The second-order valence-electron chi connectivity index (χ2n) is 12.0. The number of carbonyl (C=O) groups is 3. The molecule has 0 radical (unpaired) electrons. The van der Waals surface area contributed by atoms with Crippen LogP contribution in [0.2, 0.25) is 5.02 Å². The lowest BCUT2D eigenvalue weighted by Gasteiger charge is -2.38. The molecule has 0 aliphatic rings. The summed E-state index contributed by atoms with van der Waals surface area (Å²) in [6.07, 6.45) is 1.47. The third kappa shape index (κ3) is 9.68. The van der Waals surface area contributed by atoms with Crippen molar-refractivity contribution in [3.05, 3.63) is 82.4 Å². The van der Waals surface area contributed by atoms with Crippen molar-refractivity contribution in [2.24, 2.45) is 5.41 Å². The lowest BCUT2D eigenvalue weighted by Crippen LogP contribution is -2.60. The van der Waals surface area contributed by atoms with Crippen molar-refractivity contribution in [3.8, 4) is 0 Å². The van der Waals surface area contributed by atoms with Gasteiger partial charge in [-0.3, -0.25) is 14.4 Å². The number of carbonyl (C=O) groups excluding carboxylic acids is 3. The highest BCUT2D eigenvalue weighted by atomic mass is 35.5. The molecule has 0 spiro atoms. The van der Waals surface area contributed by atoms with E-state index in [9.17, 15) is 22.8 Å². The molecule has 3 amide bonds. The molecule has 0 aliphatic carbocycles. The van der Waals surface area contributed by atoms with Crippen LogP contribution in [0.1, 0.15) is 52.7 Å². The number of hydrogen-bond donors (Lipinski definition) is 3. The van der Waals surface area contributed by atoms with Gasteiger partial charge in [0.05, 0.1) is 11.8 Å². The van der Waals surface area contributed by atoms with Crippen molar-refractivity contribution in [3.63, 3.8) is 0 Å². The smallest absolute Gasteiger partial charge is 0.260 e. The number of halogens is 1. The molecule has 0 bridgehead atoms. The second-order valence-corrected chi connectivity index (χ2v) is 14.2. The van der Waals surface area contributed by atoms with Crippen LogP contribution in [-0.4, -0.2) is 63.8 Å². The summed E-state index contributed by atoms with van der Waals surface area (Å²) in [6, 6.07) is 14.5. The van der Waals surface area contributed by atoms with Crippen LogP contribution in [0, 0.1) is 5.41 Å². The third-order valence-corrected chi connectivity index (χ3v) is 8.58. The molecule has 0 aromatic heterocycles. The van der Waals surface area contributed by atoms with Gasteiger partial charge in [-0.2, -0.15) is 0 Å². The maximum Gasteiger partial charge on any atom is 0.260 e. The van der Waals surface area contributed by atoms with E-state index in [2.05, 4.69) is 15.4 Å². The zero-order valence-electron chi connectivity index (χ0n) is 25.6. The molecule has 230 valence electrons. The summed E-state index contributed by atoms with van der Waals surface area (Å²) in [5.41, 5.74) is 0.394. The largest absolute Gasteiger partial charge is 0.342 e. The van der Waals surface area contributed by atoms with E-state index >= 15 is 0 Å². The van der Waals surface area contributed by atoms with E-state index in [1.165, 1.54) is 17.9 Å². The molecule has 3 N–H and O–H groups in total. The van der Waals surface area contributed by atoms with Crippen LogP contribution in [0.5, 0.6) is 0 Å². The minimum atomic E-state index is -3.95. The fourth-order valence-corrected chi connectivity index (χ4v) is 5.74. The van der Waals surface area contributed by atoms with Gasteiger partial charge in [-0.1, -0.05) is 94.8 Å². The van der Waals surface area contributed by atoms with Crippen LogP contribution in [0.25, 0.3) is 0 Å². The van der Waals surface area contributed by atoms with Gasteiger partial charge in [-0.25, -0.2) is 13.1 Å². The Morgan fingerprint density at radius 2 is 1.52 bits per heavy atom. The average molecular weight is 619 g/mol. The topological polar surface area (TPSA) is 125 Å². The second kappa shape index (κ2) is 14.3. The summed E-state index contributed by atoms with van der Waals surface area (Å²) in [5.74, 6) is -1.83. The Labute approximate surface area is 255 Å². The van der Waals surface area contributed by atoms with Gasteiger partial charge in [-0.15, -0.1) is 0 Å². The Kier molecular flexibility index (Phi) is 11.9. The van der Waals surface area contributed by atoms with Crippen molar-refractivity contribution in [1.82, 2.24) is 20.3 Å². The SMILES string of the molecule is CN[C@H](C(=O)NC(C(=O)N(C)C/C=C(\C)C(=O)NS(=O)(=O)Cc1ccc(Cl)cc1)C(C)(C)C)C(C)(C)c1ccccc1. The van der Waals surface area contributed by atoms with Crippen LogP contribution < -0.4 is 15.4 Å². The minimum absolute atomic E-state index is 0.0305. The summed E-state index contributed by atoms with van der Waals surface area (Å²) < 4.78 is 27.0. The quantitative estimate of drug-likeness (QED) is 0.311. The molecule has 0 aliphatic heterocycles. The minimum Gasteiger partial charge on any atom is -0.342 e. The normalized spacial score (nSPS) is 14.1. The van der Waals surface area contributed by atoms with E-state index in [1.807, 2.05) is 65.0 Å². The van der Waals surface area contributed by atoms with Crippen molar-refractivity contribution < 1.29 is 22.8 Å². The summed E-state index contributed by atoms with van der Waals surface area (Å²) >= 11 is 5.84. The Morgan fingerprint density at radius 3 is 2.05 bits per heavy atom. The Hall–Kier alpha value is -3.21. The molecule has 0 saturated heterocycles. The molecule has 1 unspecified atom stereocenters. The highest BCUT2D eigenvalue weighted by Crippen LogP contribution is 2.28. The molecule has 0 fully saturated rings. The van der Waals surface area contributed by atoms with Gasteiger partial charge < -0.3 is 15.5 Å². The van der Waals surface area contributed by atoms with E-state index in [4.69, 9.17) is 11.6 Å². The number of nitrogens with zero attached hydrogens (tertiary/aromatic N) is 1. The molecule has 0 heterocycles. The van der Waals surface area contributed by atoms with Crippen LogP contribution in [0.4, 0.5) is 0 Å². The number of sulfonamides is 1. The van der Waals surface area contributed by atoms with Crippen molar-refractivity contribution in [1.29, 1.82) is 0 Å². The van der Waals surface area contributed by atoms with Crippen molar-refractivity contribution >= 4 is 39.3 Å². The third-order valence-electron chi connectivity index (χ3n) is 7.11. The number of rotatable bonds is 12. The molecular formula is C31H43ClN4O5S. The lowest BCUT2D eigenvalue weighted by molar-refractivity contribution is -0.139. The molecule has 2 aromatic carbocycles. The zero-order chi connectivity index (χ0) is 31.9. The van der Waals surface area contributed by atoms with Gasteiger partial charge in [0, 0.05) is 29.6 Å². The van der Waals surface area contributed by atoms with E-state index in [-0.39, 0.29) is 29.7 Å². The van der Waals surface area contributed by atoms with Gasteiger partial charge in [0.25, 0.3) is 5.91 Å². The van der Waals surface area contributed by atoms with Gasteiger partial charge in [-0.05, 0) is 42.6 Å². The zero-order valence-corrected chi connectivity index (χ0v) is 27.2. The van der Waals surface area contributed by atoms with Gasteiger partial charge in [0.1, 0.15) is 6.04 Å². The summed E-state index contributed by atoms with van der Waals surface area (Å²) in [7, 11) is -0.677. The van der Waals surface area contributed by atoms with Crippen molar-refractivity contribution in [2.45, 2.75) is 64.8 Å². The maximum absolute atomic E-state index is 13.5. The van der Waals surface area contributed by atoms with Crippen LogP contribution in [-0.2, 0) is 35.6 Å². The number of amides is 3. The molecule has 0 saturated carbocycles. The first kappa shape index (κ1) is 35.0. The van der Waals surface area contributed by atoms with Gasteiger partial charge in [0.15, 0.2) is 0 Å². The summed E-state index contributed by atoms with van der Waals surface area (Å²) in [5, 5.41) is 6.54. The molecule has 11 heteroatoms. The highest BCUT2D eigenvalue weighted by molar-refractivity contribution is 7.89. The Morgan fingerprint density at radius 1 is 0.952 bits per heavy atom. The molecule has 9 nitrogen and oxygen atoms in total. The standard InChI is InChI=1S/C31H43ClN4O5S/c1-21(27(37)35-42(40,41)20-22-14-16-24(32)17-15-22)18-19-36(8)29(39)26(30(2,3)4)34-28(38)25(33-7)31(5,6)23-12-10-9-11-13-23/h9-18,25-26,33H,19-20H2,1-8H3,(H,34,38)(H,35,37)/b21-18+/t25-,26?/m1/s1. The molecule has 2 rings (SSSR count). The first-order valence-electron chi connectivity index (χ1n) is 13.6. The fraction of sp³-hybridized carbons (Fsp3) is 0.452. The first-order valence-corrected chi connectivity index (χ1v) is 15.7. The lowest BCUT2D eigenvalue weighted by atomic mass is 9.76. The summed E-state index contributed by atoms with van der Waals surface area (Å²) in [6.45, 7) is 11.0. The van der Waals surface area contributed by atoms with E-state index in [1.54, 1.807) is 38.4 Å². The molecular weight excluding hydrogens is 576 g/mol. The Balaban J connectivity index is 2.11. The van der Waals surface area contributed by atoms with Crippen molar-refractivity contribution in [2.75, 3.05) is 20.6 Å². The van der Waals surface area contributed by atoms with Crippen LogP contribution >= 0.6 is 11.6 Å². The molecule has 2 atom stereocenters. The number of hydrogen-bond acceptors (Lipinski definition) is 6. The number of likely N-dealkylation sites (N-methyl/N-ethyl adjacent to an activating group) is 2. The predicted molar refractivity (Wildman–Crippen MR) is 167 cm³/mol. The monoisotopic (exact) mass is 618 g/mol. The van der Waals surface area contributed by atoms with Gasteiger partial charge in [0.2, 0.25) is 21.8 Å². The van der Waals surface area contributed by atoms with E-state index in [0.717, 1.165) is 5.56 Å². The maximum atomic E-state index is 13.5. The van der Waals surface area contributed by atoms with E-state index in [0.29, 0.717) is 10.6 Å².